The van der Waals surface area contributed by atoms with E-state index in [1.807, 2.05) is 0 Å². The fourth-order valence-corrected chi connectivity index (χ4v) is 2.67. The van der Waals surface area contributed by atoms with E-state index in [2.05, 4.69) is 10.6 Å². The zero-order chi connectivity index (χ0) is 17.8. The van der Waals surface area contributed by atoms with E-state index >= 15 is 0 Å². The Morgan fingerprint density at radius 1 is 1.33 bits per heavy atom. The van der Waals surface area contributed by atoms with Crippen molar-refractivity contribution in [3.8, 4) is 0 Å². The van der Waals surface area contributed by atoms with E-state index in [-0.39, 0.29) is 18.8 Å². The van der Waals surface area contributed by atoms with Crippen LogP contribution in [0.25, 0.3) is 0 Å². The van der Waals surface area contributed by atoms with Crippen molar-refractivity contribution >= 4 is 23.2 Å². The van der Waals surface area contributed by atoms with Gasteiger partial charge in [0.2, 0.25) is 5.91 Å². The molecule has 0 spiro atoms. The molecule has 1 aromatic carbocycles. The van der Waals surface area contributed by atoms with Crippen LogP contribution in [-0.2, 0) is 15.7 Å². The van der Waals surface area contributed by atoms with E-state index in [0.717, 1.165) is 12.1 Å². The first-order valence-corrected chi connectivity index (χ1v) is 7.74. The minimum absolute atomic E-state index is 0.00329. The average molecular weight is 367 g/mol. The molecule has 5 nitrogen and oxygen atoms in total. The maximum atomic E-state index is 12.8. The zero-order valence-electron chi connectivity index (χ0n) is 12.8. The molecule has 1 aromatic rings. The van der Waals surface area contributed by atoms with Crippen molar-refractivity contribution in [3.63, 3.8) is 0 Å². The van der Waals surface area contributed by atoms with E-state index in [9.17, 15) is 23.1 Å². The molecule has 0 atom stereocenters. The summed E-state index contributed by atoms with van der Waals surface area (Å²) in [6.07, 6.45) is -3.50. The van der Waals surface area contributed by atoms with Crippen molar-refractivity contribution in [2.45, 2.75) is 24.6 Å². The van der Waals surface area contributed by atoms with Gasteiger partial charge in [-0.25, -0.2) is 0 Å². The van der Waals surface area contributed by atoms with Gasteiger partial charge in [-0.15, -0.1) is 0 Å². The number of hydrogen-bond acceptors (Lipinski definition) is 4. The highest BCUT2D eigenvalue weighted by atomic mass is 35.5. The fourth-order valence-electron chi connectivity index (χ4n) is 2.45. The minimum Gasteiger partial charge on any atom is -0.394 e. The second kappa shape index (κ2) is 7.69. The van der Waals surface area contributed by atoms with Gasteiger partial charge in [0.05, 0.1) is 23.7 Å². The number of aliphatic hydroxyl groups is 1. The van der Waals surface area contributed by atoms with Gasteiger partial charge < -0.3 is 20.5 Å². The molecule has 1 fully saturated rings. The van der Waals surface area contributed by atoms with Gasteiger partial charge in [-0.1, -0.05) is 11.6 Å². The molecule has 24 heavy (non-hydrogen) atoms. The molecular formula is C15H18ClF3N2O3. The van der Waals surface area contributed by atoms with Gasteiger partial charge in [0.25, 0.3) is 0 Å². The molecule has 1 aliphatic rings. The highest BCUT2D eigenvalue weighted by molar-refractivity contribution is 6.31. The van der Waals surface area contributed by atoms with Crippen LogP contribution in [0.1, 0.15) is 18.4 Å². The lowest BCUT2D eigenvalue weighted by Crippen LogP contribution is -2.54. The lowest BCUT2D eigenvalue weighted by molar-refractivity contribution is -0.137. The Morgan fingerprint density at radius 2 is 2.00 bits per heavy atom. The number of halogens is 4. The quantitative estimate of drug-likeness (QED) is 0.748. The minimum atomic E-state index is -4.60. The van der Waals surface area contributed by atoms with Crippen molar-refractivity contribution in [3.05, 3.63) is 28.8 Å². The van der Waals surface area contributed by atoms with E-state index in [1.165, 1.54) is 6.07 Å². The zero-order valence-corrected chi connectivity index (χ0v) is 13.5. The number of carbonyl (C=O) groups is 1. The largest absolute Gasteiger partial charge is 0.417 e. The van der Waals surface area contributed by atoms with Crippen molar-refractivity contribution in [1.29, 1.82) is 0 Å². The van der Waals surface area contributed by atoms with Crippen LogP contribution in [0.2, 0.25) is 5.02 Å². The summed E-state index contributed by atoms with van der Waals surface area (Å²) in [5.41, 5.74) is -1.61. The highest BCUT2D eigenvalue weighted by Crippen LogP contribution is 2.36. The molecular weight excluding hydrogens is 349 g/mol. The average Bonchev–Trinajstić information content (AvgIpc) is 2.54. The Morgan fingerprint density at radius 3 is 2.58 bits per heavy atom. The topological polar surface area (TPSA) is 70.6 Å². The van der Waals surface area contributed by atoms with Gasteiger partial charge in [-0.3, -0.25) is 4.79 Å². The number of aliphatic hydroxyl groups excluding tert-OH is 1. The summed E-state index contributed by atoms with van der Waals surface area (Å²) in [7, 11) is 0. The first-order valence-electron chi connectivity index (χ1n) is 7.36. The molecule has 3 N–H and O–H groups in total. The second-order valence-electron chi connectivity index (χ2n) is 5.64. The molecule has 0 aromatic heterocycles. The number of amides is 1. The summed E-state index contributed by atoms with van der Waals surface area (Å²) in [5.74, 6) is -0.509. The number of rotatable bonds is 5. The van der Waals surface area contributed by atoms with Gasteiger partial charge in [0, 0.05) is 24.4 Å². The lowest BCUT2D eigenvalue weighted by atomic mass is 9.91. The number of ether oxygens (including phenoxy) is 1. The van der Waals surface area contributed by atoms with Crippen molar-refractivity contribution in [1.82, 2.24) is 5.32 Å². The molecule has 0 unspecified atom stereocenters. The first kappa shape index (κ1) is 19.0. The second-order valence-corrected chi connectivity index (χ2v) is 6.05. The Bertz CT molecular complexity index is 590. The molecule has 1 saturated heterocycles. The summed E-state index contributed by atoms with van der Waals surface area (Å²) in [4.78, 5) is 12.0. The van der Waals surface area contributed by atoms with Crippen molar-refractivity contribution < 1.29 is 27.8 Å². The van der Waals surface area contributed by atoms with Crippen molar-refractivity contribution in [2.75, 3.05) is 31.7 Å². The molecule has 0 aliphatic carbocycles. The summed E-state index contributed by atoms with van der Waals surface area (Å²) in [6.45, 7) is 0.663. The predicted octanol–water partition coefficient (Wildman–Crippen LogP) is 2.43. The van der Waals surface area contributed by atoms with Crippen LogP contribution in [0.3, 0.4) is 0 Å². The number of alkyl halides is 3. The molecule has 1 aliphatic heterocycles. The van der Waals surface area contributed by atoms with Gasteiger partial charge >= 0.3 is 6.18 Å². The molecule has 134 valence electrons. The summed E-state index contributed by atoms with van der Waals surface area (Å²) in [5, 5.41) is 14.4. The number of benzene rings is 1. The van der Waals surface area contributed by atoms with Crippen LogP contribution in [0.5, 0.6) is 0 Å². The molecule has 1 amide bonds. The predicted molar refractivity (Wildman–Crippen MR) is 83.0 cm³/mol. The number of anilines is 1. The van der Waals surface area contributed by atoms with Crippen LogP contribution < -0.4 is 10.6 Å². The van der Waals surface area contributed by atoms with Crippen LogP contribution in [0, 0.1) is 0 Å². The van der Waals surface area contributed by atoms with Crippen LogP contribution >= 0.6 is 11.6 Å². The summed E-state index contributed by atoms with van der Waals surface area (Å²) >= 11 is 5.53. The number of hydrogen-bond donors (Lipinski definition) is 3. The van der Waals surface area contributed by atoms with Crippen molar-refractivity contribution in [2.24, 2.45) is 0 Å². The van der Waals surface area contributed by atoms with Gasteiger partial charge in [-0.05, 0) is 31.0 Å². The maximum Gasteiger partial charge on any atom is 0.417 e. The molecule has 9 heteroatoms. The number of carbonyl (C=O) groups excluding carboxylic acids is 1. The monoisotopic (exact) mass is 366 g/mol. The van der Waals surface area contributed by atoms with Crippen LogP contribution in [-0.4, -0.2) is 42.9 Å². The third-order valence-electron chi connectivity index (χ3n) is 3.93. The Balaban J connectivity index is 1.97. The standard InChI is InChI=1S/C15H18ClF3N2O3/c16-12-2-1-10(7-11(12)15(17,18)19)21-13(23)8-20-14(9-22)3-5-24-6-4-14/h1-2,7,20,22H,3-6,8-9H2,(H,21,23). The molecule has 2 rings (SSSR count). The fraction of sp³-hybridized carbons (Fsp3) is 0.533. The molecule has 0 radical (unpaired) electrons. The molecule has 0 bridgehead atoms. The summed E-state index contributed by atoms with van der Waals surface area (Å²) < 4.78 is 43.6. The van der Waals surface area contributed by atoms with E-state index < -0.39 is 28.2 Å². The third-order valence-corrected chi connectivity index (χ3v) is 4.26. The maximum absolute atomic E-state index is 12.8. The Kier molecular flexibility index (Phi) is 6.08. The van der Waals surface area contributed by atoms with Gasteiger partial charge in [0.15, 0.2) is 0 Å². The van der Waals surface area contributed by atoms with Crippen LogP contribution in [0.4, 0.5) is 18.9 Å². The Hall–Kier alpha value is -1.35. The SMILES string of the molecule is O=C(CNC1(CO)CCOCC1)Nc1ccc(Cl)c(C(F)(F)F)c1. The van der Waals surface area contributed by atoms with E-state index in [1.54, 1.807) is 0 Å². The Labute approximate surface area is 142 Å². The number of nitrogens with one attached hydrogen (secondary N) is 2. The van der Waals surface area contributed by atoms with Crippen LogP contribution in [0.15, 0.2) is 18.2 Å². The lowest BCUT2D eigenvalue weighted by Gasteiger charge is -2.36. The molecule has 0 saturated carbocycles. The van der Waals surface area contributed by atoms with Gasteiger partial charge in [0.1, 0.15) is 0 Å². The van der Waals surface area contributed by atoms with Gasteiger partial charge in [-0.2, -0.15) is 13.2 Å². The smallest absolute Gasteiger partial charge is 0.394 e. The summed E-state index contributed by atoms with van der Waals surface area (Å²) in [6, 6.07) is 3.17. The third kappa shape index (κ3) is 4.83. The van der Waals surface area contributed by atoms with E-state index in [0.29, 0.717) is 26.1 Å². The highest BCUT2D eigenvalue weighted by Gasteiger charge is 2.34. The molecule has 1 heterocycles. The van der Waals surface area contributed by atoms with E-state index in [4.69, 9.17) is 16.3 Å². The first-order chi connectivity index (χ1) is 11.3. The normalized spacial score (nSPS) is 17.5.